The van der Waals surface area contributed by atoms with Crippen molar-refractivity contribution in [3.8, 4) is 0 Å². The van der Waals surface area contributed by atoms with E-state index in [0.717, 1.165) is 0 Å². The van der Waals surface area contributed by atoms with Crippen LogP contribution in [0.25, 0.3) is 0 Å². The van der Waals surface area contributed by atoms with Crippen LogP contribution in [-0.4, -0.2) is 22.7 Å². The van der Waals surface area contributed by atoms with E-state index in [1.54, 1.807) is 0 Å². The standard InChI is InChI=1S/C9H7BrClF3O/c10-5-8(7(15)9(12,13)14)4-2-1-3-6(8)11/h1-4,6H,5H2. The molecule has 1 nitrogen and oxygen atoms in total. The van der Waals surface area contributed by atoms with Gasteiger partial charge in [0.1, 0.15) is 0 Å². The van der Waals surface area contributed by atoms with Crippen LogP contribution in [0.3, 0.4) is 0 Å². The molecule has 0 heterocycles. The van der Waals surface area contributed by atoms with E-state index < -0.39 is 22.8 Å². The minimum Gasteiger partial charge on any atom is -0.288 e. The average Bonchev–Trinajstić information content (AvgIpc) is 2.17. The average molecular weight is 304 g/mol. The highest BCUT2D eigenvalue weighted by molar-refractivity contribution is 9.09. The van der Waals surface area contributed by atoms with Gasteiger partial charge in [-0.2, -0.15) is 13.2 Å². The van der Waals surface area contributed by atoms with E-state index in [2.05, 4.69) is 15.9 Å². The minimum atomic E-state index is -4.88. The number of hydrogen-bond acceptors (Lipinski definition) is 1. The summed E-state index contributed by atoms with van der Waals surface area (Å²) in [5.74, 6) is -1.83. The maximum absolute atomic E-state index is 12.4. The number of ketones is 1. The molecular formula is C9H7BrClF3O. The SMILES string of the molecule is O=C(C(F)(F)F)C1(CBr)C=CC=CC1Cl. The summed E-state index contributed by atoms with van der Waals surface area (Å²) in [6.45, 7) is 0. The van der Waals surface area contributed by atoms with Crippen molar-refractivity contribution in [2.24, 2.45) is 5.41 Å². The zero-order valence-corrected chi connectivity index (χ0v) is 9.73. The molecule has 0 aromatic carbocycles. The normalized spacial score (nSPS) is 30.6. The highest BCUT2D eigenvalue weighted by atomic mass is 79.9. The molecule has 0 spiro atoms. The summed E-state index contributed by atoms with van der Waals surface area (Å²) in [7, 11) is 0. The fourth-order valence-electron chi connectivity index (χ4n) is 1.30. The molecule has 0 aromatic heterocycles. The zero-order valence-electron chi connectivity index (χ0n) is 7.39. The van der Waals surface area contributed by atoms with Crippen LogP contribution in [0, 0.1) is 5.41 Å². The van der Waals surface area contributed by atoms with Gasteiger partial charge in [0.25, 0.3) is 0 Å². The van der Waals surface area contributed by atoms with Crippen molar-refractivity contribution in [1.29, 1.82) is 0 Å². The fourth-order valence-corrected chi connectivity index (χ4v) is 2.61. The van der Waals surface area contributed by atoms with Crippen LogP contribution in [0.2, 0.25) is 0 Å². The van der Waals surface area contributed by atoms with Gasteiger partial charge in [-0.3, -0.25) is 4.79 Å². The van der Waals surface area contributed by atoms with Gasteiger partial charge in [-0.1, -0.05) is 40.2 Å². The third kappa shape index (κ3) is 2.28. The lowest BCUT2D eigenvalue weighted by atomic mass is 9.79. The molecule has 0 fully saturated rings. The molecule has 0 aromatic rings. The largest absolute Gasteiger partial charge is 0.451 e. The summed E-state index contributed by atoms with van der Waals surface area (Å²) in [6, 6.07) is 0. The molecule has 0 amide bonds. The van der Waals surface area contributed by atoms with Crippen LogP contribution in [0.1, 0.15) is 0 Å². The number of allylic oxidation sites excluding steroid dienone is 4. The lowest BCUT2D eigenvalue weighted by Gasteiger charge is -2.32. The van der Waals surface area contributed by atoms with Crippen molar-refractivity contribution in [1.82, 2.24) is 0 Å². The number of carbonyl (C=O) groups is 1. The lowest BCUT2D eigenvalue weighted by Crippen LogP contribution is -2.47. The molecule has 1 rings (SSSR count). The summed E-state index contributed by atoms with van der Waals surface area (Å²) in [5, 5.41) is -1.15. The Morgan fingerprint density at radius 1 is 1.47 bits per heavy atom. The molecule has 15 heavy (non-hydrogen) atoms. The summed E-state index contributed by atoms with van der Waals surface area (Å²) in [6.07, 6.45) is 0.587. The van der Waals surface area contributed by atoms with Gasteiger partial charge in [0, 0.05) is 5.33 Å². The van der Waals surface area contributed by atoms with Crippen LogP contribution in [0.15, 0.2) is 24.3 Å². The smallest absolute Gasteiger partial charge is 0.288 e. The predicted molar refractivity (Wildman–Crippen MR) is 55.2 cm³/mol. The Hall–Kier alpha value is -0.290. The molecule has 2 atom stereocenters. The molecule has 1 aliphatic rings. The van der Waals surface area contributed by atoms with E-state index in [0.29, 0.717) is 0 Å². The second kappa shape index (κ2) is 4.29. The molecule has 0 saturated carbocycles. The first-order valence-corrected chi connectivity index (χ1v) is 5.58. The summed E-state index contributed by atoms with van der Waals surface area (Å²) in [5.41, 5.74) is -1.73. The van der Waals surface area contributed by atoms with E-state index in [1.807, 2.05) is 0 Å². The number of alkyl halides is 5. The predicted octanol–water partition coefficient (Wildman–Crippen LogP) is 3.23. The highest BCUT2D eigenvalue weighted by Gasteiger charge is 2.54. The van der Waals surface area contributed by atoms with Gasteiger partial charge in [0.2, 0.25) is 5.78 Å². The highest BCUT2D eigenvalue weighted by Crippen LogP contribution is 2.40. The monoisotopic (exact) mass is 302 g/mol. The Morgan fingerprint density at radius 3 is 2.47 bits per heavy atom. The van der Waals surface area contributed by atoms with E-state index in [-0.39, 0.29) is 5.33 Å². The first kappa shape index (κ1) is 12.8. The van der Waals surface area contributed by atoms with Crippen molar-refractivity contribution in [2.45, 2.75) is 11.6 Å². The number of halogens is 5. The Labute approximate surface area is 98.1 Å². The Kier molecular flexibility index (Phi) is 3.66. The van der Waals surface area contributed by atoms with Crippen LogP contribution >= 0.6 is 27.5 Å². The van der Waals surface area contributed by atoms with Crippen molar-refractivity contribution >= 4 is 33.3 Å². The molecule has 2 unspecified atom stereocenters. The molecule has 0 bridgehead atoms. The minimum absolute atomic E-state index is 0.159. The summed E-state index contributed by atoms with van der Waals surface area (Å²) in [4.78, 5) is 11.3. The fraction of sp³-hybridized carbons (Fsp3) is 0.444. The third-order valence-corrected chi connectivity index (χ3v) is 3.64. The van der Waals surface area contributed by atoms with Crippen molar-refractivity contribution in [2.75, 3.05) is 5.33 Å². The Balaban J connectivity index is 3.11. The van der Waals surface area contributed by atoms with E-state index in [4.69, 9.17) is 11.6 Å². The van der Waals surface area contributed by atoms with Crippen LogP contribution < -0.4 is 0 Å². The molecule has 0 saturated heterocycles. The number of Topliss-reactive ketones (excluding diaryl/α,β-unsaturated/α-hetero) is 1. The molecule has 0 aliphatic heterocycles. The van der Waals surface area contributed by atoms with Crippen LogP contribution in [0.5, 0.6) is 0 Å². The first-order valence-electron chi connectivity index (χ1n) is 4.02. The van der Waals surface area contributed by atoms with Gasteiger partial charge in [0.15, 0.2) is 0 Å². The van der Waals surface area contributed by atoms with Gasteiger partial charge in [-0.05, 0) is 0 Å². The summed E-state index contributed by atoms with van der Waals surface area (Å²) < 4.78 is 37.1. The molecule has 1 aliphatic carbocycles. The van der Waals surface area contributed by atoms with Gasteiger partial charge in [-0.15, -0.1) is 11.6 Å². The number of carbonyl (C=O) groups excluding carboxylic acids is 1. The van der Waals surface area contributed by atoms with E-state index >= 15 is 0 Å². The Bertz CT molecular complexity index is 324. The first-order chi connectivity index (χ1) is 6.84. The Morgan fingerprint density at radius 2 is 2.07 bits per heavy atom. The summed E-state index contributed by atoms with van der Waals surface area (Å²) >= 11 is 8.66. The van der Waals surface area contributed by atoms with Gasteiger partial charge in [0.05, 0.1) is 10.8 Å². The quantitative estimate of drug-likeness (QED) is 0.716. The number of rotatable bonds is 2. The van der Waals surface area contributed by atoms with Crippen molar-refractivity contribution in [3.63, 3.8) is 0 Å². The second-order valence-corrected chi connectivity index (χ2v) is 4.18. The molecule has 6 heteroatoms. The topological polar surface area (TPSA) is 17.1 Å². The van der Waals surface area contributed by atoms with Crippen LogP contribution in [0.4, 0.5) is 13.2 Å². The zero-order chi connectivity index (χ0) is 11.7. The second-order valence-electron chi connectivity index (χ2n) is 3.15. The third-order valence-electron chi connectivity index (χ3n) is 2.18. The lowest BCUT2D eigenvalue weighted by molar-refractivity contribution is -0.178. The maximum atomic E-state index is 12.4. The van der Waals surface area contributed by atoms with Gasteiger partial charge < -0.3 is 0 Å². The van der Waals surface area contributed by atoms with E-state index in [1.165, 1.54) is 24.3 Å². The van der Waals surface area contributed by atoms with Crippen molar-refractivity contribution in [3.05, 3.63) is 24.3 Å². The van der Waals surface area contributed by atoms with Crippen molar-refractivity contribution < 1.29 is 18.0 Å². The molecule has 84 valence electrons. The van der Waals surface area contributed by atoms with Crippen LogP contribution in [-0.2, 0) is 4.79 Å². The van der Waals surface area contributed by atoms with Gasteiger partial charge in [-0.25, -0.2) is 0 Å². The number of hydrogen-bond donors (Lipinski definition) is 0. The molecule has 0 radical (unpaired) electrons. The van der Waals surface area contributed by atoms with E-state index in [9.17, 15) is 18.0 Å². The molecule has 0 N–H and O–H groups in total. The van der Waals surface area contributed by atoms with Gasteiger partial charge >= 0.3 is 6.18 Å². The molecular weight excluding hydrogens is 296 g/mol. The maximum Gasteiger partial charge on any atom is 0.451 e.